The Kier molecular flexibility index (Phi) is 7.57. The van der Waals surface area contributed by atoms with Crippen LogP contribution in [0.5, 0.6) is 0 Å². The van der Waals surface area contributed by atoms with Gasteiger partial charge in [0, 0.05) is 51.4 Å². The highest BCUT2D eigenvalue weighted by molar-refractivity contribution is 7.89. The highest BCUT2D eigenvalue weighted by Crippen LogP contribution is 2.32. The van der Waals surface area contributed by atoms with Gasteiger partial charge in [0.1, 0.15) is 0 Å². The van der Waals surface area contributed by atoms with Crippen LogP contribution in [0.15, 0.2) is 35.2 Å². The summed E-state index contributed by atoms with van der Waals surface area (Å²) in [7, 11) is -1.73. The van der Waals surface area contributed by atoms with Crippen molar-refractivity contribution >= 4 is 21.6 Å². The van der Waals surface area contributed by atoms with Gasteiger partial charge in [-0.15, -0.1) is 0 Å². The second kappa shape index (κ2) is 10.3. The van der Waals surface area contributed by atoms with Gasteiger partial charge in [0.2, 0.25) is 15.9 Å². The Hall–Kier alpha value is -2.38. The average molecular weight is 498 g/mol. The minimum Gasteiger partial charge on any atom is -0.371 e. The highest BCUT2D eigenvalue weighted by atomic mass is 32.2. The molecular formula is C28H39N3O3S. The van der Waals surface area contributed by atoms with Crippen molar-refractivity contribution in [3.8, 4) is 0 Å². The average Bonchev–Trinajstić information content (AvgIpc) is 3.37. The molecule has 7 heteroatoms. The summed E-state index contributed by atoms with van der Waals surface area (Å²) in [5, 5.41) is 0. The number of hydrogen-bond acceptors (Lipinski definition) is 4. The zero-order valence-corrected chi connectivity index (χ0v) is 22.6. The molecule has 0 spiro atoms. The third-order valence-electron chi connectivity index (χ3n) is 7.92. The fourth-order valence-corrected chi connectivity index (χ4v) is 7.64. The summed E-state index contributed by atoms with van der Waals surface area (Å²) < 4.78 is 28.7. The summed E-state index contributed by atoms with van der Waals surface area (Å²) in [5.41, 5.74) is 6.03. The van der Waals surface area contributed by atoms with Crippen LogP contribution < -0.4 is 4.90 Å². The van der Waals surface area contributed by atoms with E-state index in [1.54, 1.807) is 4.31 Å². The fraction of sp³-hybridized carbons (Fsp3) is 0.536. The maximum absolute atomic E-state index is 13.6. The van der Waals surface area contributed by atoms with Crippen molar-refractivity contribution in [3.63, 3.8) is 0 Å². The van der Waals surface area contributed by atoms with Crippen LogP contribution in [-0.4, -0.2) is 56.8 Å². The monoisotopic (exact) mass is 497 g/mol. The summed E-state index contributed by atoms with van der Waals surface area (Å²) in [5.74, 6) is -0.0381. The molecule has 190 valence electrons. The molecule has 0 atom stereocenters. The minimum atomic E-state index is -3.60. The van der Waals surface area contributed by atoms with E-state index >= 15 is 0 Å². The molecule has 2 saturated heterocycles. The first-order valence-electron chi connectivity index (χ1n) is 12.8. The number of carbonyl (C=O) groups excluding carboxylic acids is 1. The lowest BCUT2D eigenvalue weighted by molar-refractivity contribution is -0.135. The van der Waals surface area contributed by atoms with Gasteiger partial charge in [-0.1, -0.05) is 24.3 Å². The lowest BCUT2D eigenvalue weighted by atomic mass is 9.96. The molecule has 0 aromatic heterocycles. The Morgan fingerprint density at radius 3 is 2.11 bits per heavy atom. The van der Waals surface area contributed by atoms with Gasteiger partial charge in [0.05, 0.1) is 4.90 Å². The molecule has 0 unspecified atom stereocenters. The van der Waals surface area contributed by atoms with E-state index in [1.165, 1.54) is 24.1 Å². The topological polar surface area (TPSA) is 60.9 Å². The predicted octanol–water partition coefficient (Wildman–Crippen LogP) is 4.58. The van der Waals surface area contributed by atoms with Crippen LogP contribution in [-0.2, 0) is 21.4 Å². The summed E-state index contributed by atoms with van der Waals surface area (Å²) in [6, 6.07) is 10.4. The lowest BCUT2D eigenvalue weighted by Crippen LogP contribution is -2.43. The second-order valence-electron chi connectivity index (χ2n) is 10.3. The predicted molar refractivity (Wildman–Crippen MR) is 141 cm³/mol. The number of carbonyl (C=O) groups is 1. The Balaban J connectivity index is 1.43. The quantitative estimate of drug-likeness (QED) is 0.586. The van der Waals surface area contributed by atoms with E-state index < -0.39 is 10.0 Å². The zero-order valence-electron chi connectivity index (χ0n) is 21.8. The maximum Gasteiger partial charge on any atom is 0.243 e. The minimum absolute atomic E-state index is 0.108. The van der Waals surface area contributed by atoms with Gasteiger partial charge in [-0.05, 0) is 87.3 Å². The molecule has 0 radical (unpaired) electrons. The Labute approximate surface area is 211 Å². The van der Waals surface area contributed by atoms with Crippen molar-refractivity contribution < 1.29 is 13.2 Å². The number of anilines is 1. The molecule has 0 bridgehead atoms. The van der Waals surface area contributed by atoms with Crippen molar-refractivity contribution in [3.05, 3.63) is 58.1 Å². The van der Waals surface area contributed by atoms with E-state index in [0.717, 1.165) is 35.3 Å². The first kappa shape index (κ1) is 25.7. The molecule has 6 nitrogen and oxygen atoms in total. The van der Waals surface area contributed by atoms with E-state index in [0.29, 0.717) is 37.4 Å². The highest BCUT2D eigenvalue weighted by Gasteiger charge is 2.35. The zero-order chi connectivity index (χ0) is 25.3. The van der Waals surface area contributed by atoms with Gasteiger partial charge in [-0.25, -0.2) is 8.42 Å². The number of nitrogens with zero attached hydrogens (tertiary/aromatic N) is 3. The number of hydrogen-bond donors (Lipinski definition) is 0. The van der Waals surface area contributed by atoms with E-state index in [2.05, 4.69) is 23.1 Å². The summed E-state index contributed by atoms with van der Waals surface area (Å²) in [6.45, 7) is 11.2. The molecule has 2 aliphatic rings. The lowest BCUT2D eigenvalue weighted by Gasteiger charge is -2.33. The summed E-state index contributed by atoms with van der Waals surface area (Å²) in [4.78, 5) is 18.0. The molecule has 0 N–H and O–H groups in total. The molecule has 2 heterocycles. The van der Waals surface area contributed by atoms with Crippen LogP contribution in [0.4, 0.5) is 5.69 Å². The first-order valence-corrected chi connectivity index (χ1v) is 14.2. The van der Waals surface area contributed by atoms with Crippen molar-refractivity contribution in [2.45, 2.75) is 64.8 Å². The van der Waals surface area contributed by atoms with E-state index in [1.807, 2.05) is 51.8 Å². The van der Waals surface area contributed by atoms with Crippen LogP contribution in [0.3, 0.4) is 0 Å². The number of benzene rings is 2. The molecule has 4 rings (SSSR count). The molecular weight excluding hydrogens is 458 g/mol. The SMILES string of the molecule is Cc1cc(C)c(C)c(S(=O)(=O)N2CCC(C(=O)N(C)Cc3ccccc3N3CCCC3)CC2)c1C. The molecule has 2 aromatic rings. The number of piperidine rings is 1. The van der Waals surface area contributed by atoms with Crippen molar-refractivity contribution in [1.29, 1.82) is 0 Å². The first-order chi connectivity index (χ1) is 16.6. The van der Waals surface area contributed by atoms with Crippen molar-refractivity contribution in [1.82, 2.24) is 9.21 Å². The number of aryl methyl sites for hydroxylation is 2. The molecule has 2 aromatic carbocycles. The van der Waals surface area contributed by atoms with Gasteiger partial charge in [-0.3, -0.25) is 4.79 Å². The molecule has 1 amide bonds. The molecule has 35 heavy (non-hydrogen) atoms. The second-order valence-corrected chi connectivity index (χ2v) is 12.2. The van der Waals surface area contributed by atoms with Crippen LogP contribution in [0.25, 0.3) is 0 Å². The van der Waals surface area contributed by atoms with Gasteiger partial charge < -0.3 is 9.80 Å². The number of rotatable bonds is 6. The van der Waals surface area contributed by atoms with Gasteiger partial charge in [-0.2, -0.15) is 4.31 Å². The standard InChI is InChI=1S/C28H39N3O3S/c1-20-18-21(2)23(4)27(22(20)3)35(33,34)31-16-12-24(13-17-31)28(32)29(5)19-25-10-6-7-11-26(25)30-14-8-9-15-30/h6-7,10-11,18,24H,8-9,12-17,19H2,1-5H3. The molecule has 2 aliphatic heterocycles. The third-order valence-corrected chi connectivity index (χ3v) is 10.1. The Bertz CT molecular complexity index is 1170. The molecule has 0 saturated carbocycles. The molecule has 0 aliphatic carbocycles. The smallest absolute Gasteiger partial charge is 0.243 e. The van der Waals surface area contributed by atoms with Crippen LogP contribution in [0.2, 0.25) is 0 Å². The van der Waals surface area contributed by atoms with E-state index in [9.17, 15) is 13.2 Å². The fourth-order valence-electron chi connectivity index (χ4n) is 5.60. The van der Waals surface area contributed by atoms with Crippen molar-refractivity contribution in [2.75, 3.05) is 38.1 Å². The third kappa shape index (κ3) is 5.12. The number of sulfonamides is 1. The molecule has 2 fully saturated rings. The summed E-state index contributed by atoms with van der Waals surface area (Å²) in [6.07, 6.45) is 3.54. The number of amides is 1. The van der Waals surface area contributed by atoms with Gasteiger partial charge in [0.25, 0.3) is 0 Å². The van der Waals surface area contributed by atoms with Crippen LogP contribution in [0, 0.1) is 33.6 Å². The van der Waals surface area contributed by atoms with Gasteiger partial charge >= 0.3 is 0 Å². The van der Waals surface area contributed by atoms with Crippen LogP contribution in [0.1, 0.15) is 53.5 Å². The Morgan fingerprint density at radius 1 is 0.943 bits per heavy atom. The van der Waals surface area contributed by atoms with Crippen molar-refractivity contribution in [2.24, 2.45) is 5.92 Å². The van der Waals surface area contributed by atoms with E-state index in [4.69, 9.17) is 0 Å². The largest absolute Gasteiger partial charge is 0.371 e. The van der Waals surface area contributed by atoms with E-state index in [-0.39, 0.29) is 11.8 Å². The summed E-state index contributed by atoms with van der Waals surface area (Å²) >= 11 is 0. The normalized spacial score (nSPS) is 17.7. The maximum atomic E-state index is 13.6. The Morgan fingerprint density at radius 2 is 1.51 bits per heavy atom. The van der Waals surface area contributed by atoms with Gasteiger partial charge in [0.15, 0.2) is 0 Å². The van der Waals surface area contributed by atoms with Crippen LogP contribution >= 0.6 is 0 Å². The number of para-hydroxylation sites is 1.